The molecule has 0 spiro atoms. The Morgan fingerprint density at radius 2 is 1.59 bits per heavy atom. The molecule has 3 aromatic rings. The molecule has 1 aliphatic carbocycles. The average Bonchev–Trinajstić information content (AvgIpc) is 2.78. The van der Waals surface area contributed by atoms with Crippen molar-refractivity contribution in [2.45, 2.75) is 36.0 Å². The van der Waals surface area contributed by atoms with E-state index in [4.69, 9.17) is 4.74 Å². The molecule has 0 fully saturated rings. The highest BCUT2D eigenvalue weighted by Gasteiger charge is 2.43. The number of carbonyl (C=O) groups excluding carboxylic acids is 1. The van der Waals surface area contributed by atoms with Crippen LogP contribution in [0.1, 0.15) is 23.1 Å². The summed E-state index contributed by atoms with van der Waals surface area (Å²) in [5.41, 5.74) is 0.608. The summed E-state index contributed by atoms with van der Waals surface area (Å²) in [4.78, 5) is 12.5. The van der Waals surface area contributed by atoms with Crippen molar-refractivity contribution in [3.8, 4) is 0 Å². The first-order chi connectivity index (χ1) is 15.4. The number of ether oxygens (including phenoxy) is 1. The van der Waals surface area contributed by atoms with Crippen LogP contribution in [0.3, 0.4) is 0 Å². The molecule has 0 heterocycles. The van der Waals surface area contributed by atoms with Gasteiger partial charge in [0.25, 0.3) is 0 Å². The van der Waals surface area contributed by atoms with E-state index in [1.807, 2.05) is 42.5 Å². The van der Waals surface area contributed by atoms with Crippen LogP contribution < -0.4 is 5.32 Å². The minimum atomic E-state index is -3.75. The van der Waals surface area contributed by atoms with Crippen LogP contribution in [0.25, 0.3) is 0 Å². The first-order valence-corrected chi connectivity index (χ1v) is 12.1. The Kier molecular flexibility index (Phi) is 6.30. The Morgan fingerprint density at radius 1 is 0.969 bits per heavy atom. The summed E-state index contributed by atoms with van der Waals surface area (Å²) in [7, 11) is -3.75. The SMILES string of the molecule is O=C(N[C@@H]1Cc2ccccc2[C@@](O)(CS(=O)(=O)c2ccccc2)C1)OCc1ccccc1. The van der Waals surface area contributed by atoms with Gasteiger partial charge in [-0.25, -0.2) is 13.2 Å². The Balaban J connectivity index is 1.52. The number of rotatable bonds is 6. The summed E-state index contributed by atoms with van der Waals surface area (Å²) >= 11 is 0. The largest absolute Gasteiger partial charge is 0.445 e. The summed E-state index contributed by atoms with van der Waals surface area (Å²) in [6.07, 6.45) is -0.0626. The van der Waals surface area contributed by atoms with Crippen LogP contribution >= 0.6 is 0 Å². The first-order valence-electron chi connectivity index (χ1n) is 10.4. The highest BCUT2D eigenvalue weighted by molar-refractivity contribution is 7.91. The van der Waals surface area contributed by atoms with Crippen molar-refractivity contribution in [3.05, 3.63) is 102 Å². The van der Waals surface area contributed by atoms with E-state index < -0.39 is 33.3 Å². The smallest absolute Gasteiger partial charge is 0.407 e. The van der Waals surface area contributed by atoms with E-state index in [2.05, 4.69) is 5.32 Å². The molecule has 0 bridgehead atoms. The third-order valence-electron chi connectivity index (χ3n) is 5.63. The number of alkyl carbamates (subject to hydrolysis) is 1. The van der Waals surface area contributed by atoms with Gasteiger partial charge in [-0.3, -0.25) is 0 Å². The van der Waals surface area contributed by atoms with Crippen LogP contribution in [0.2, 0.25) is 0 Å². The molecule has 1 aliphatic rings. The van der Waals surface area contributed by atoms with Gasteiger partial charge < -0.3 is 15.2 Å². The van der Waals surface area contributed by atoms with Gasteiger partial charge in [-0.1, -0.05) is 72.8 Å². The summed E-state index contributed by atoms with van der Waals surface area (Å²) < 4.78 is 31.4. The second-order valence-electron chi connectivity index (χ2n) is 8.07. The normalized spacial score (nSPS) is 20.2. The second kappa shape index (κ2) is 9.14. The van der Waals surface area contributed by atoms with Crippen molar-refractivity contribution in [2.75, 3.05) is 5.75 Å². The van der Waals surface area contributed by atoms with E-state index in [1.165, 1.54) is 12.1 Å². The van der Waals surface area contributed by atoms with Gasteiger partial charge in [0, 0.05) is 12.5 Å². The molecule has 1 amide bonds. The van der Waals surface area contributed by atoms with E-state index in [9.17, 15) is 18.3 Å². The van der Waals surface area contributed by atoms with Crippen LogP contribution in [0.5, 0.6) is 0 Å². The molecule has 6 nitrogen and oxygen atoms in total. The zero-order chi connectivity index (χ0) is 22.6. The Labute approximate surface area is 187 Å². The van der Waals surface area contributed by atoms with E-state index in [1.54, 1.807) is 30.3 Å². The zero-order valence-corrected chi connectivity index (χ0v) is 18.3. The maximum atomic E-state index is 13.0. The molecule has 2 N–H and O–H groups in total. The lowest BCUT2D eigenvalue weighted by atomic mass is 9.78. The third-order valence-corrected chi connectivity index (χ3v) is 7.48. The molecule has 7 heteroatoms. The number of benzene rings is 3. The number of amides is 1. The van der Waals surface area contributed by atoms with Crippen LogP contribution in [0.15, 0.2) is 89.8 Å². The Morgan fingerprint density at radius 3 is 2.31 bits per heavy atom. The molecule has 0 radical (unpaired) electrons. The van der Waals surface area contributed by atoms with Crippen molar-refractivity contribution >= 4 is 15.9 Å². The summed E-state index contributed by atoms with van der Waals surface area (Å²) in [6.45, 7) is 0.128. The zero-order valence-electron chi connectivity index (χ0n) is 17.5. The predicted octanol–water partition coefficient (Wildman–Crippen LogP) is 3.59. The minimum absolute atomic E-state index is 0.0660. The molecule has 0 saturated heterocycles. The van der Waals surface area contributed by atoms with Crippen molar-refractivity contribution < 1.29 is 23.1 Å². The van der Waals surface area contributed by atoms with Crippen LogP contribution in [0.4, 0.5) is 4.79 Å². The molecular weight excluding hydrogens is 426 g/mol. The lowest BCUT2D eigenvalue weighted by Crippen LogP contribution is -2.49. The molecule has 4 rings (SSSR count). The summed E-state index contributed by atoms with van der Waals surface area (Å²) in [6, 6.07) is 24.1. The van der Waals surface area contributed by atoms with Crippen LogP contribution in [-0.4, -0.2) is 31.4 Å². The molecule has 2 atom stereocenters. The maximum Gasteiger partial charge on any atom is 0.407 e. The standard InChI is InChI=1S/C25H25NO5S/c27-24(31-17-19-9-3-1-4-10-19)26-21-15-20-11-7-8-14-23(20)25(28,16-21)18-32(29,30)22-12-5-2-6-13-22/h1-14,21,28H,15-18H2,(H,26,27)/t21-,25+/m1/s1. The third kappa shape index (κ3) is 5.00. The van der Waals surface area contributed by atoms with Crippen LogP contribution in [0, 0.1) is 0 Å². The number of sulfone groups is 1. The topological polar surface area (TPSA) is 92.7 Å². The first kappa shape index (κ1) is 22.0. The van der Waals surface area contributed by atoms with Gasteiger partial charge in [0.2, 0.25) is 0 Å². The fraction of sp³-hybridized carbons (Fsp3) is 0.240. The number of hydrogen-bond acceptors (Lipinski definition) is 5. The van der Waals surface area contributed by atoms with E-state index in [0.29, 0.717) is 12.0 Å². The molecule has 166 valence electrons. The van der Waals surface area contributed by atoms with Gasteiger partial charge in [-0.15, -0.1) is 0 Å². The lowest BCUT2D eigenvalue weighted by Gasteiger charge is -2.38. The number of fused-ring (bicyclic) bond motifs is 1. The highest BCUT2D eigenvalue weighted by Crippen LogP contribution is 2.37. The van der Waals surface area contributed by atoms with Crippen molar-refractivity contribution in [1.82, 2.24) is 5.32 Å². The number of nitrogens with one attached hydrogen (secondary N) is 1. The molecular formula is C25H25NO5S. The van der Waals surface area contributed by atoms with Gasteiger partial charge in [-0.2, -0.15) is 0 Å². The molecule has 0 unspecified atom stereocenters. The average molecular weight is 452 g/mol. The van der Waals surface area contributed by atoms with Crippen molar-refractivity contribution in [3.63, 3.8) is 0 Å². The molecule has 0 aliphatic heterocycles. The minimum Gasteiger partial charge on any atom is -0.445 e. The molecule has 0 saturated carbocycles. The maximum absolute atomic E-state index is 13.0. The summed E-state index contributed by atoms with van der Waals surface area (Å²) in [5, 5.41) is 14.3. The van der Waals surface area contributed by atoms with Gasteiger partial charge in [0.1, 0.15) is 12.2 Å². The number of aliphatic hydroxyl groups is 1. The molecule has 0 aromatic heterocycles. The summed E-state index contributed by atoms with van der Waals surface area (Å²) in [5.74, 6) is -0.474. The van der Waals surface area contributed by atoms with Crippen LogP contribution in [-0.2, 0) is 33.2 Å². The van der Waals surface area contributed by atoms with E-state index in [-0.39, 0.29) is 17.9 Å². The van der Waals surface area contributed by atoms with Crippen molar-refractivity contribution in [2.24, 2.45) is 0 Å². The fourth-order valence-corrected chi connectivity index (χ4v) is 5.84. The predicted molar refractivity (Wildman–Crippen MR) is 121 cm³/mol. The van der Waals surface area contributed by atoms with E-state index in [0.717, 1.165) is 11.1 Å². The van der Waals surface area contributed by atoms with Gasteiger partial charge in [0.15, 0.2) is 9.84 Å². The quantitative estimate of drug-likeness (QED) is 0.598. The van der Waals surface area contributed by atoms with Gasteiger partial charge >= 0.3 is 6.09 Å². The van der Waals surface area contributed by atoms with Gasteiger partial charge in [0.05, 0.1) is 10.6 Å². The Hall–Kier alpha value is -3.16. The highest BCUT2D eigenvalue weighted by atomic mass is 32.2. The molecule has 32 heavy (non-hydrogen) atoms. The monoisotopic (exact) mass is 451 g/mol. The molecule has 3 aromatic carbocycles. The number of carbonyl (C=O) groups is 1. The van der Waals surface area contributed by atoms with Gasteiger partial charge in [-0.05, 0) is 35.2 Å². The number of hydrogen-bond donors (Lipinski definition) is 2. The van der Waals surface area contributed by atoms with Crippen molar-refractivity contribution in [1.29, 1.82) is 0 Å². The Bertz CT molecular complexity index is 1180. The lowest BCUT2D eigenvalue weighted by molar-refractivity contribution is 0.0305. The second-order valence-corrected chi connectivity index (χ2v) is 10.1. The van der Waals surface area contributed by atoms with E-state index >= 15 is 0 Å². The fourth-order valence-electron chi connectivity index (χ4n) is 4.20.